The number of hydrogen-bond acceptors (Lipinski definition) is 3. The molecule has 6 heteroatoms. The summed E-state index contributed by atoms with van der Waals surface area (Å²) < 4.78 is 19.5. The largest absolute Gasteiger partial charge is 0.456 e. The Bertz CT molecular complexity index is 654. The quantitative estimate of drug-likeness (QED) is 0.387. The first-order valence-electron chi connectivity index (χ1n) is 5.72. The number of aryl methyl sites for hydroxylation is 1. The maximum absolute atomic E-state index is 13.3. The van der Waals surface area contributed by atoms with Crippen molar-refractivity contribution in [1.29, 1.82) is 0 Å². The van der Waals surface area contributed by atoms with Gasteiger partial charge in [-0.2, -0.15) is 0 Å². The van der Waals surface area contributed by atoms with E-state index in [0.29, 0.717) is 21.5 Å². The summed E-state index contributed by atoms with van der Waals surface area (Å²) in [6.45, 7) is 1.88. The summed E-state index contributed by atoms with van der Waals surface area (Å²) in [4.78, 5) is 0. The second-order valence-electron chi connectivity index (χ2n) is 4.19. The first-order valence-corrected chi connectivity index (χ1v) is 6.51. The molecule has 2 aromatic rings. The molecule has 0 radical (unpaired) electrons. The number of hydrogen-bond donors (Lipinski definition) is 2. The molecule has 0 heterocycles. The second kappa shape index (κ2) is 5.92. The van der Waals surface area contributed by atoms with E-state index in [1.165, 1.54) is 12.1 Å². The first-order chi connectivity index (χ1) is 9.49. The molecule has 4 nitrogen and oxygen atoms in total. The van der Waals surface area contributed by atoms with Gasteiger partial charge in [0, 0.05) is 10.5 Å². The van der Waals surface area contributed by atoms with Crippen LogP contribution in [0.5, 0.6) is 11.5 Å². The van der Waals surface area contributed by atoms with Gasteiger partial charge in [0.05, 0.1) is 5.56 Å². The van der Waals surface area contributed by atoms with Crippen LogP contribution in [0.15, 0.2) is 46.0 Å². The topological polar surface area (TPSA) is 67.8 Å². The van der Waals surface area contributed by atoms with E-state index in [-0.39, 0.29) is 5.84 Å². The number of ether oxygens (including phenoxy) is 1. The van der Waals surface area contributed by atoms with Crippen LogP contribution in [0, 0.1) is 12.7 Å². The fourth-order valence-corrected chi connectivity index (χ4v) is 2.14. The summed E-state index contributed by atoms with van der Waals surface area (Å²) in [7, 11) is 0. The Hall–Kier alpha value is -2.08. The molecule has 0 spiro atoms. The number of halogens is 2. The number of nitrogens with zero attached hydrogens (tertiary/aromatic N) is 1. The van der Waals surface area contributed by atoms with E-state index in [1.807, 2.05) is 13.0 Å². The number of amidine groups is 1. The summed E-state index contributed by atoms with van der Waals surface area (Å²) in [6, 6.07) is 9.42. The fourth-order valence-electron chi connectivity index (χ4n) is 1.69. The predicted molar refractivity (Wildman–Crippen MR) is 77.9 cm³/mol. The molecule has 20 heavy (non-hydrogen) atoms. The predicted octanol–water partition coefficient (Wildman–Crippen LogP) is 3.78. The van der Waals surface area contributed by atoms with Crippen LogP contribution >= 0.6 is 15.9 Å². The van der Waals surface area contributed by atoms with Gasteiger partial charge in [-0.1, -0.05) is 27.2 Å². The molecule has 0 saturated heterocycles. The van der Waals surface area contributed by atoms with E-state index < -0.39 is 5.82 Å². The molecule has 0 unspecified atom stereocenters. The van der Waals surface area contributed by atoms with Crippen molar-refractivity contribution in [3.63, 3.8) is 0 Å². The van der Waals surface area contributed by atoms with Crippen molar-refractivity contribution in [2.75, 3.05) is 0 Å². The van der Waals surface area contributed by atoms with Crippen molar-refractivity contribution in [2.24, 2.45) is 10.9 Å². The lowest BCUT2D eigenvalue weighted by Crippen LogP contribution is -2.14. The average molecular weight is 339 g/mol. The lowest BCUT2D eigenvalue weighted by Gasteiger charge is -2.11. The van der Waals surface area contributed by atoms with Gasteiger partial charge in [0.2, 0.25) is 0 Å². The van der Waals surface area contributed by atoms with Crippen molar-refractivity contribution in [3.8, 4) is 11.5 Å². The number of nitrogens with two attached hydrogens (primary N) is 1. The lowest BCUT2D eigenvalue weighted by atomic mass is 10.1. The van der Waals surface area contributed by atoms with Gasteiger partial charge in [-0.3, -0.25) is 0 Å². The molecule has 0 atom stereocenters. The molecule has 2 rings (SSSR count). The van der Waals surface area contributed by atoms with E-state index in [4.69, 9.17) is 15.7 Å². The molecular formula is C14H12BrFN2O2. The Kier molecular flexibility index (Phi) is 4.24. The SMILES string of the molecule is Cc1ccc(/C(N)=N/O)c(Oc2cc(F)cc(Br)c2)c1. The van der Waals surface area contributed by atoms with Crippen LogP contribution < -0.4 is 10.5 Å². The van der Waals surface area contributed by atoms with Gasteiger partial charge in [-0.25, -0.2) is 4.39 Å². The standard InChI is InChI=1S/C14H12BrFN2O2/c1-8-2-3-12(14(17)18-19)13(4-8)20-11-6-9(15)5-10(16)7-11/h2-7,19H,1H3,(H2,17,18). The Morgan fingerprint density at radius 3 is 2.70 bits per heavy atom. The molecule has 0 fully saturated rings. The van der Waals surface area contributed by atoms with E-state index in [1.54, 1.807) is 18.2 Å². The molecule has 0 saturated carbocycles. The van der Waals surface area contributed by atoms with Crippen LogP contribution in [0.3, 0.4) is 0 Å². The van der Waals surface area contributed by atoms with Gasteiger partial charge < -0.3 is 15.7 Å². The minimum Gasteiger partial charge on any atom is -0.456 e. The average Bonchev–Trinajstić information content (AvgIpc) is 2.37. The van der Waals surface area contributed by atoms with Crippen LogP contribution in [0.2, 0.25) is 0 Å². The zero-order valence-electron chi connectivity index (χ0n) is 10.6. The third-order valence-electron chi connectivity index (χ3n) is 2.58. The van der Waals surface area contributed by atoms with E-state index in [2.05, 4.69) is 21.1 Å². The summed E-state index contributed by atoms with van der Waals surface area (Å²) in [5.41, 5.74) is 6.96. The Labute approximate surface area is 123 Å². The zero-order valence-corrected chi connectivity index (χ0v) is 12.2. The lowest BCUT2D eigenvalue weighted by molar-refractivity contribution is 0.318. The van der Waals surface area contributed by atoms with Crippen LogP contribution in [-0.2, 0) is 0 Å². The summed E-state index contributed by atoms with van der Waals surface area (Å²) in [6.07, 6.45) is 0. The van der Waals surface area contributed by atoms with Gasteiger partial charge in [-0.15, -0.1) is 0 Å². The molecule has 0 aliphatic rings. The number of benzene rings is 2. The van der Waals surface area contributed by atoms with Crippen molar-refractivity contribution in [3.05, 3.63) is 57.8 Å². The molecule has 104 valence electrons. The maximum Gasteiger partial charge on any atom is 0.173 e. The zero-order chi connectivity index (χ0) is 14.7. The summed E-state index contributed by atoms with van der Waals surface area (Å²) in [5.74, 6) is 0.204. The fraction of sp³-hybridized carbons (Fsp3) is 0.0714. The minimum absolute atomic E-state index is 0.0736. The Morgan fingerprint density at radius 1 is 1.30 bits per heavy atom. The van der Waals surface area contributed by atoms with E-state index >= 15 is 0 Å². The van der Waals surface area contributed by atoms with E-state index in [9.17, 15) is 4.39 Å². The summed E-state index contributed by atoms with van der Waals surface area (Å²) in [5, 5.41) is 11.7. The normalized spacial score (nSPS) is 11.4. The van der Waals surface area contributed by atoms with Crippen LogP contribution in [-0.4, -0.2) is 11.0 Å². The van der Waals surface area contributed by atoms with Crippen molar-refractivity contribution >= 4 is 21.8 Å². The third-order valence-corrected chi connectivity index (χ3v) is 3.04. The summed E-state index contributed by atoms with van der Waals surface area (Å²) >= 11 is 3.19. The van der Waals surface area contributed by atoms with Gasteiger partial charge in [-0.05, 0) is 36.8 Å². The Balaban J connectivity index is 2.44. The Morgan fingerprint density at radius 2 is 2.05 bits per heavy atom. The van der Waals surface area contributed by atoms with Crippen molar-refractivity contribution in [2.45, 2.75) is 6.92 Å². The molecule has 0 bridgehead atoms. The molecule has 0 aliphatic carbocycles. The van der Waals surface area contributed by atoms with E-state index in [0.717, 1.165) is 5.56 Å². The van der Waals surface area contributed by atoms with Crippen LogP contribution in [0.25, 0.3) is 0 Å². The molecule has 3 N–H and O–H groups in total. The maximum atomic E-state index is 13.3. The molecular weight excluding hydrogens is 327 g/mol. The van der Waals surface area contributed by atoms with Gasteiger partial charge in [0.25, 0.3) is 0 Å². The van der Waals surface area contributed by atoms with Crippen LogP contribution in [0.1, 0.15) is 11.1 Å². The molecule has 2 aromatic carbocycles. The highest BCUT2D eigenvalue weighted by atomic mass is 79.9. The van der Waals surface area contributed by atoms with Crippen molar-refractivity contribution < 1.29 is 14.3 Å². The van der Waals surface area contributed by atoms with Gasteiger partial charge >= 0.3 is 0 Å². The van der Waals surface area contributed by atoms with Gasteiger partial charge in [0.1, 0.15) is 17.3 Å². The number of oxime groups is 1. The van der Waals surface area contributed by atoms with Crippen molar-refractivity contribution in [1.82, 2.24) is 0 Å². The molecule has 0 aliphatic heterocycles. The second-order valence-corrected chi connectivity index (χ2v) is 5.11. The smallest absolute Gasteiger partial charge is 0.173 e. The first kappa shape index (κ1) is 14.3. The number of rotatable bonds is 3. The highest BCUT2D eigenvalue weighted by Gasteiger charge is 2.10. The monoisotopic (exact) mass is 338 g/mol. The van der Waals surface area contributed by atoms with Crippen LogP contribution in [0.4, 0.5) is 4.39 Å². The third kappa shape index (κ3) is 3.27. The van der Waals surface area contributed by atoms with Gasteiger partial charge in [0.15, 0.2) is 5.84 Å². The highest BCUT2D eigenvalue weighted by molar-refractivity contribution is 9.10. The minimum atomic E-state index is -0.424. The molecule has 0 amide bonds. The molecule has 0 aromatic heterocycles. The highest BCUT2D eigenvalue weighted by Crippen LogP contribution is 2.29.